The highest BCUT2D eigenvalue weighted by Crippen LogP contribution is 2.19. The molecule has 132 valence electrons. The number of nitrogens with one attached hydrogen (secondary N) is 2. The van der Waals surface area contributed by atoms with Crippen LogP contribution in [0.1, 0.15) is 12.0 Å². The summed E-state index contributed by atoms with van der Waals surface area (Å²) in [5, 5.41) is 0.651. The fraction of sp³-hybridized carbons (Fsp3) is 0.222. The minimum absolute atomic E-state index is 0.209. The topological polar surface area (TPSA) is 67.4 Å². The second-order valence-corrected chi connectivity index (χ2v) is 6.67. The zero-order chi connectivity index (χ0) is 18.1. The Morgan fingerprint density at radius 2 is 1.64 bits per heavy atom. The van der Waals surface area contributed by atoms with Crippen LogP contribution in [0.5, 0.6) is 5.75 Å². The molecule has 0 aliphatic rings. The molecule has 7 heteroatoms. The fourth-order valence-corrected chi connectivity index (χ4v) is 2.79. The molecule has 0 aliphatic carbocycles. The van der Waals surface area contributed by atoms with Gasteiger partial charge in [-0.05, 0) is 48.4 Å². The van der Waals surface area contributed by atoms with Crippen LogP contribution in [0.25, 0.3) is 0 Å². The van der Waals surface area contributed by atoms with Gasteiger partial charge >= 0.3 is 0 Å². The number of amides is 2. The fourth-order valence-electron chi connectivity index (χ4n) is 1.97. The summed E-state index contributed by atoms with van der Waals surface area (Å²) in [5.41, 5.74) is 5.86. The molecule has 0 bridgehead atoms. The Bertz CT molecular complexity index is 705. The second-order valence-electron chi connectivity index (χ2n) is 5.19. The number of ether oxygens (including phenoxy) is 1. The molecule has 0 fully saturated rings. The van der Waals surface area contributed by atoms with Crippen LogP contribution in [0, 0.1) is 0 Å². The second kappa shape index (κ2) is 9.96. The summed E-state index contributed by atoms with van der Waals surface area (Å²) >= 11 is 7.17. The van der Waals surface area contributed by atoms with E-state index in [2.05, 4.69) is 10.9 Å². The monoisotopic (exact) mass is 378 g/mol. The summed E-state index contributed by atoms with van der Waals surface area (Å²) in [6, 6.07) is 14.7. The van der Waals surface area contributed by atoms with E-state index in [0.717, 1.165) is 16.2 Å². The van der Waals surface area contributed by atoms with Gasteiger partial charge in [-0.3, -0.25) is 20.4 Å². The number of benzene rings is 2. The van der Waals surface area contributed by atoms with Crippen LogP contribution in [0.15, 0.2) is 53.4 Å². The molecule has 0 atom stereocenters. The van der Waals surface area contributed by atoms with E-state index in [-0.39, 0.29) is 24.0 Å². The Labute approximate surface area is 156 Å². The molecule has 0 unspecified atom stereocenters. The summed E-state index contributed by atoms with van der Waals surface area (Å²) in [4.78, 5) is 24.5. The van der Waals surface area contributed by atoms with Crippen LogP contribution in [0.2, 0.25) is 5.02 Å². The molecule has 2 aromatic carbocycles. The van der Waals surface area contributed by atoms with Crippen LogP contribution in [-0.2, 0) is 16.0 Å². The SMILES string of the molecule is COc1ccc(CCC(=O)NNC(=O)CSc2ccc(Cl)cc2)cc1. The molecule has 2 N–H and O–H groups in total. The smallest absolute Gasteiger partial charge is 0.248 e. The number of methoxy groups -OCH3 is 1. The Morgan fingerprint density at radius 1 is 1.00 bits per heavy atom. The summed E-state index contributed by atoms with van der Waals surface area (Å²) in [5.74, 6) is 0.484. The van der Waals surface area contributed by atoms with E-state index in [0.29, 0.717) is 11.4 Å². The van der Waals surface area contributed by atoms with Crippen molar-refractivity contribution in [2.75, 3.05) is 12.9 Å². The van der Waals surface area contributed by atoms with E-state index in [1.54, 1.807) is 19.2 Å². The molecule has 25 heavy (non-hydrogen) atoms. The predicted octanol–water partition coefficient (Wildman–Crippen LogP) is 3.22. The highest BCUT2D eigenvalue weighted by atomic mass is 35.5. The van der Waals surface area contributed by atoms with Gasteiger partial charge in [-0.15, -0.1) is 11.8 Å². The van der Waals surface area contributed by atoms with Gasteiger partial charge in [-0.1, -0.05) is 23.7 Å². The largest absolute Gasteiger partial charge is 0.497 e. The number of hydrogen-bond acceptors (Lipinski definition) is 4. The molecule has 0 heterocycles. The van der Waals surface area contributed by atoms with E-state index in [9.17, 15) is 9.59 Å². The van der Waals surface area contributed by atoms with Gasteiger partial charge in [0.25, 0.3) is 0 Å². The molecule has 2 aromatic rings. The van der Waals surface area contributed by atoms with Gasteiger partial charge in [0.2, 0.25) is 11.8 Å². The number of hydrazine groups is 1. The lowest BCUT2D eigenvalue weighted by molar-refractivity contribution is -0.127. The van der Waals surface area contributed by atoms with Crippen LogP contribution in [-0.4, -0.2) is 24.7 Å². The average Bonchev–Trinajstić information content (AvgIpc) is 2.64. The minimum atomic E-state index is -0.266. The van der Waals surface area contributed by atoms with Crippen molar-refractivity contribution in [1.29, 1.82) is 0 Å². The van der Waals surface area contributed by atoms with Crippen molar-refractivity contribution in [3.63, 3.8) is 0 Å². The normalized spacial score (nSPS) is 10.2. The van der Waals surface area contributed by atoms with Crippen molar-refractivity contribution in [3.8, 4) is 5.75 Å². The van der Waals surface area contributed by atoms with Gasteiger partial charge in [0.1, 0.15) is 5.75 Å². The standard InChI is InChI=1S/C18H19ClN2O3S/c1-24-15-7-2-13(3-8-15)4-11-17(22)20-21-18(23)12-25-16-9-5-14(19)6-10-16/h2-3,5-10H,4,11-12H2,1H3,(H,20,22)(H,21,23). The molecule has 0 saturated heterocycles. The lowest BCUT2D eigenvalue weighted by Gasteiger charge is -2.08. The molecular formula is C18H19ClN2O3S. The maximum atomic E-state index is 11.8. The molecule has 2 rings (SSSR count). The summed E-state index contributed by atoms with van der Waals surface area (Å²) in [6.07, 6.45) is 0.877. The number of carbonyl (C=O) groups is 2. The van der Waals surface area contributed by atoms with E-state index in [1.807, 2.05) is 36.4 Å². The molecule has 0 spiro atoms. The third kappa shape index (κ3) is 7.07. The first-order valence-corrected chi connectivity index (χ1v) is 9.02. The van der Waals surface area contributed by atoms with Crippen molar-refractivity contribution in [2.45, 2.75) is 17.7 Å². The summed E-state index contributed by atoms with van der Waals surface area (Å²) in [7, 11) is 1.61. The summed E-state index contributed by atoms with van der Waals surface area (Å²) < 4.78 is 5.09. The van der Waals surface area contributed by atoms with Crippen LogP contribution in [0.4, 0.5) is 0 Å². The first-order chi connectivity index (χ1) is 12.1. The van der Waals surface area contributed by atoms with Crippen molar-refractivity contribution < 1.29 is 14.3 Å². The Morgan fingerprint density at radius 3 is 2.28 bits per heavy atom. The van der Waals surface area contributed by atoms with Crippen molar-refractivity contribution in [3.05, 3.63) is 59.1 Å². The van der Waals surface area contributed by atoms with Crippen molar-refractivity contribution in [1.82, 2.24) is 10.9 Å². The molecule has 0 saturated carbocycles. The Balaban J connectivity index is 1.64. The average molecular weight is 379 g/mol. The third-order valence-electron chi connectivity index (χ3n) is 3.32. The minimum Gasteiger partial charge on any atom is -0.497 e. The van der Waals surface area contributed by atoms with Crippen molar-refractivity contribution in [2.24, 2.45) is 0 Å². The number of hydrogen-bond donors (Lipinski definition) is 2. The van der Waals surface area contributed by atoms with Gasteiger partial charge in [-0.2, -0.15) is 0 Å². The van der Waals surface area contributed by atoms with Gasteiger partial charge in [0, 0.05) is 16.3 Å². The first kappa shape index (κ1) is 19.1. The van der Waals surface area contributed by atoms with Gasteiger partial charge in [0.15, 0.2) is 0 Å². The number of aryl methyl sites for hydroxylation is 1. The molecule has 0 aliphatic heterocycles. The number of carbonyl (C=O) groups excluding carboxylic acids is 2. The summed E-state index contributed by atoms with van der Waals surface area (Å²) in [6.45, 7) is 0. The van der Waals surface area contributed by atoms with Crippen LogP contribution in [0.3, 0.4) is 0 Å². The molecule has 0 radical (unpaired) electrons. The van der Waals surface area contributed by atoms with E-state index in [4.69, 9.17) is 16.3 Å². The van der Waals surface area contributed by atoms with E-state index in [1.165, 1.54) is 11.8 Å². The zero-order valence-electron chi connectivity index (χ0n) is 13.8. The first-order valence-electron chi connectivity index (χ1n) is 7.66. The van der Waals surface area contributed by atoms with Crippen LogP contribution < -0.4 is 15.6 Å². The van der Waals surface area contributed by atoms with Gasteiger partial charge in [-0.25, -0.2) is 0 Å². The number of halogens is 1. The highest BCUT2D eigenvalue weighted by molar-refractivity contribution is 8.00. The van der Waals surface area contributed by atoms with E-state index >= 15 is 0 Å². The molecule has 2 amide bonds. The number of thioether (sulfide) groups is 1. The lowest BCUT2D eigenvalue weighted by Crippen LogP contribution is -2.42. The maximum absolute atomic E-state index is 11.8. The zero-order valence-corrected chi connectivity index (χ0v) is 15.3. The maximum Gasteiger partial charge on any atom is 0.248 e. The quantitative estimate of drug-likeness (QED) is 0.573. The highest BCUT2D eigenvalue weighted by Gasteiger charge is 2.06. The van der Waals surface area contributed by atoms with E-state index < -0.39 is 0 Å². The lowest BCUT2D eigenvalue weighted by atomic mass is 10.1. The molecule has 0 aromatic heterocycles. The van der Waals surface area contributed by atoms with Crippen LogP contribution >= 0.6 is 23.4 Å². The Hall–Kier alpha value is -2.18. The van der Waals surface area contributed by atoms with Gasteiger partial charge in [0.05, 0.1) is 12.9 Å². The Kier molecular flexibility index (Phi) is 7.63. The molecule has 5 nitrogen and oxygen atoms in total. The molecular weight excluding hydrogens is 360 g/mol. The van der Waals surface area contributed by atoms with Gasteiger partial charge < -0.3 is 4.74 Å². The number of rotatable bonds is 7. The predicted molar refractivity (Wildman–Crippen MR) is 99.8 cm³/mol. The van der Waals surface area contributed by atoms with Crippen molar-refractivity contribution >= 4 is 35.2 Å². The third-order valence-corrected chi connectivity index (χ3v) is 4.59.